The van der Waals surface area contributed by atoms with Crippen LogP contribution in [0.5, 0.6) is 11.5 Å². The van der Waals surface area contributed by atoms with E-state index >= 15 is 0 Å². The van der Waals surface area contributed by atoms with Gasteiger partial charge in [0, 0.05) is 22.7 Å². The van der Waals surface area contributed by atoms with Gasteiger partial charge in [-0.2, -0.15) is 5.26 Å². The van der Waals surface area contributed by atoms with Gasteiger partial charge in [0.15, 0.2) is 0 Å². The van der Waals surface area contributed by atoms with Crippen LogP contribution in [-0.4, -0.2) is 16.1 Å². The third-order valence-electron chi connectivity index (χ3n) is 3.79. The molecule has 6 heteroatoms. The van der Waals surface area contributed by atoms with Gasteiger partial charge in [0.05, 0.1) is 5.69 Å². The first kappa shape index (κ1) is 16.9. The number of phenols is 2. The Balaban J connectivity index is 1.85. The zero-order valence-corrected chi connectivity index (χ0v) is 13.6. The molecule has 0 unspecified atom stereocenters. The summed E-state index contributed by atoms with van der Waals surface area (Å²) in [5.41, 5.74) is 0.695. The molecule has 128 valence electrons. The number of aromatic hydroxyl groups is 2. The summed E-state index contributed by atoms with van der Waals surface area (Å²) in [5.74, 6) is -0.492. The summed E-state index contributed by atoms with van der Waals surface area (Å²) in [6.45, 7) is 0. The molecule has 0 bridgehead atoms. The summed E-state index contributed by atoms with van der Waals surface area (Å²) < 4.78 is 0. The molecular weight excluding hydrogens is 330 g/mol. The third-order valence-corrected chi connectivity index (χ3v) is 3.79. The maximum Gasteiger partial charge on any atom is 0.267 e. The van der Waals surface area contributed by atoms with Gasteiger partial charge in [-0.3, -0.25) is 4.79 Å². The molecule has 3 rings (SSSR count). The predicted octanol–water partition coefficient (Wildman–Crippen LogP) is 3.71. The Labute approximate surface area is 149 Å². The largest absolute Gasteiger partial charge is 0.507 e. The van der Waals surface area contributed by atoms with Crippen molar-refractivity contribution in [3.05, 3.63) is 72.4 Å². The van der Waals surface area contributed by atoms with Gasteiger partial charge in [0.25, 0.3) is 5.91 Å². The van der Waals surface area contributed by atoms with Crippen LogP contribution in [0.2, 0.25) is 0 Å². The number of carbonyl (C=O) groups excluding carboxylic acids is 1. The monoisotopic (exact) mass is 345 g/mol. The second kappa shape index (κ2) is 7.28. The second-order valence-corrected chi connectivity index (χ2v) is 5.46. The van der Waals surface area contributed by atoms with E-state index in [4.69, 9.17) is 0 Å². The summed E-state index contributed by atoms with van der Waals surface area (Å²) in [6, 6.07) is 18.4. The fraction of sp³-hybridized carbons (Fsp3) is 0. The molecule has 0 aromatic heterocycles. The maximum absolute atomic E-state index is 12.4. The number of hydrogen-bond acceptors (Lipinski definition) is 5. The predicted molar refractivity (Wildman–Crippen MR) is 99.7 cm³/mol. The van der Waals surface area contributed by atoms with Crippen molar-refractivity contribution in [2.24, 2.45) is 0 Å². The van der Waals surface area contributed by atoms with Gasteiger partial charge in [-0.1, -0.05) is 36.4 Å². The van der Waals surface area contributed by atoms with Gasteiger partial charge in [-0.25, -0.2) is 0 Å². The number of fused-ring (bicyclic) bond motifs is 1. The van der Waals surface area contributed by atoms with E-state index in [2.05, 4.69) is 10.6 Å². The van der Waals surface area contributed by atoms with Crippen LogP contribution in [0.25, 0.3) is 10.8 Å². The molecule has 26 heavy (non-hydrogen) atoms. The lowest BCUT2D eigenvalue weighted by Gasteiger charge is -2.09. The topological polar surface area (TPSA) is 105 Å². The first-order valence-corrected chi connectivity index (χ1v) is 7.77. The van der Waals surface area contributed by atoms with Gasteiger partial charge in [-0.15, -0.1) is 0 Å². The fourth-order valence-corrected chi connectivity index (χ4v) is 2.49. The first-order chi connectivity index (χ1) is 12.6. The van der Waals surface area contributed by atoms with Crippen molar-refractivity contribution in [1.29, 1.82) is 5.26 Å². The van der Waals surface area contributed by atoms with Gasteiger partial charge in [0.1, 0.15) is 23.1 Å². The van der Waals surface area contributed by atoms with Gasteiger partial charge >= 0.3 is 0 Å². The number of anilines is 2. The summed E-state index contributed by atoms with van der Waals surface area (Å²) in [4.78, 5) is 12.4. The van der Waals surface area contributed by atoms with Crippen molar-refractivity contribution in [2.75, 3.05) is 10.6 Å². The van der Waals surface area contributed by atoms with Gasteiger partial charge in [-0.05, 0) is 24.3 Å². The van der Waals surface area contributed by atoms with Crippen molar-refractivity contribution < 1.29 is 15.0 Å². The molecule has 0 aliphatic carbocycles. The van der Waals surface area contributed by atoms with Crippen LogP contribution in [0, 0.1) is 11.3 Å². The zero-order valence-electron chi connectivity index (χ0n) is 13.6. The molecule has 0 radical (unpaired) electrons. The Morgan fingerprint density at radius 3 is 2.31 bits per heavy atom. The van der Waals surface area contributed by atoms with E-state index in [1.807, 2.05) is 6.07 Å². The molecule has 6 nitrogen and oxygen atoms in total. The lowest BCUT2D eigenvalue weighted by Crippen LogP contribution is -2.14. The Morgan fingerprint density at radius 2 is 1.54 bits per heavy atom. The highest BCUT2D eigenvalue weighted by Gasteiger charge is 2.12. The second-order valence-electron chi connectivity index (χ2n) is 5.46. The number of carbonyl (C=O) groups is 1. The van der Waals surface area contributed by atoms with Crippen LogP contribution in [0.4, 0.5) is 11.4 Å². The first-order valence-electron chi connectivity index (χ1n) is 7.77. The molecule has 1 amide bonds. The Morgan fingerprint density at radius 1 is 0.885 bits per heavy atom. The number of phenolic OH excluding ortho intramolecular Hbond substituents is 2. The minimum Gasteiger partial charge on any atom is -0.507 e. The van der Waals surface area contributed by atoms with Crippen molar-refractivity contribution in [1.82, 2.24) is 0 Å². The number of rotatable bonds is 4. The van der Waals surface area contributed by atoms with Crippen LogP contribution < -0.4 is 10.6 Å². The van der Waals surface area contributed by atoms with Crippen molar-refractivity contribution in [3.8, 4) is 17.6 Å². The summed E-state index contributed by atoms with van der Waals surface area (Å²) in [7, 11) is 0. The van der Waals surface area contributed by atoms with Crippen LogP contribution >= 0.6 is 0 Å². The van der Waals surface area contributed by atoms with E-state index in [1.165, 1.54) is 12.3 Å². The normalized spacial score (nSPS) is 11.0. The smallest absolute Gasteiger partial charge is 0.267 e. The summed E-state index contributed by atoms with van der Waals surface area (Å²) >= 11 is 0. The van der Waals surface area contributed by atoms with E-state index in [0.717, 1.165) is 0 Å². The molecule has 3 aromatic rings. The molecule has 3 aromatic carbocycles. The average Bonchev–Trinajstić information content (AvgIpc) is 2.64. The molecule has 0 aliphatic rings. The van der Waals surface area contributed by atoms with E-state index < -0.39 is 5.91 Å². The zero-order chi connectivity index (χ0) is 18.5. The van der Waals surface area contributed by atoms with Gasteiger partial charge < -0.3 is 20.8 Å². The van der Waals surface area contributed by atoms with E-state index in [9.17, 15) is 20.3 Å². The minimum atomic E-state index is -0.605. The molecule has 0 atom stereocenters. The number of benzene rings is 3. The molecule has 0 saturated heterocycles. The van der Waals surface area contributed by atoms with Crippen LogP contribution in [0.3, 0.4) is 0 Å². The van der Waals surface area contributed by atoms with Crippen LogP contribution in [0.1, 0.15) is 0 Å². The Kier molecular flexibility index (Phi) is 4.72. The number of amides is 1. The van der Waals surface area contributed by atoms with Crippen molar-refractivity contribution in [2.45, 2.75) is 0 Å². The SMILES string of the molecule is N#C/C(=C/Nc1ccccc1O)C(=O)Nc1cccc2c(O)cccc12. The molecule has 0 fully saturated rings. The molecule has 4 N–H and O–H groups in total. The lowest BCUT2D eigenvalue weighted by molar-refractivity contribution is -0.112. The van der Waals surface area contributed by atoms with E-state index in [-0.39, 0.29) is 17.1 Å². The number of hydrogen-bond donors (Lipinski definition) is 4. The number of para-hydroxylation sites is 2. The highest BCUT2D eigenvalue weighted by molar-refractivity contribution is 6.11. The molecular formula is C20H15N3O3. The molecule has 0 heterocycles. The molecule has 0 aliphatic heterocycles. The number of nitrogens with zero attached hydrogens (tertiary/aromatic N) is 1. The van der Waals surface area contributed by atoms with Crippen LogP contribution in [0.15, 0.2) is 72.4 Å². The third kappa shape index (κ3) is 3.42. The fourth-order valence-electron chi connectivity index (χ4n) is 2.49. The van der Waals surface area contributed by atoms with E-state index in [0.29, 0.717) is 22.1 Å². The quantitative estimate of drug-likeness (QED) is 0.328. The van der Waals surface area contributed by atoms with Gasteiger partial charge in [0.2, 0.25) is 0 Å². The minimum absolute atomic E-state index is 0.00553. The number of nitrogens with one attached hydrogen (secondary N) is 2. The maximum atomic E-state index is 12.4. The van der Waals surface area contributed by atoms with E-state index in [1.54, 1.807) is 54.6 Å². The highest BCUT2D eigenvalue weighted by atomic mass is 16.3. The Hall–Kier alpha value is -3.98. The van der Waals surface area contributed by atoms with Crippen molar-refractivity contribution in [3.63, 3.8) is 0 Å². The Bertz CT molecular complexity index is 1050. The van der Waals surface area contributed by atoms with Crippen LogP contribution in [-0.2, 0) is 4.79 Å². The van der Waals surface area contributed by atoms with Crippen molar-refractivity contribution >= 4 is 28.1 Å². The number of nitriles is 1. The lowest BCUT2D eigenvalue weighted by atomic mass is 10.1. The summed E-state index contributed by atoms with van der Waals surface area (Å²) in [5, 5.41) is 35.6. The standard InChI is InChI=1S/C20H15N3O3/c21-11-13(12-22-17-7-1-2-9-19(17)25)20(26)23-16-8-3-6-15-14(16)5-4-10-18(15)24/h1-10,12,22,24-25H,(H,23,26)/b13-12-. The summed E-state index contributed by atoms with van der Waals surface area (Å²) in [6.07, 6.45) is 1.23. The highest BCUT2D eigenvalue weighted by Crippen LogP contribution is 2.30. The molecule has 0 saturated carbocycles. The molecule has 0 spiro atoms. The average molecular weight is 345 g/mol.